The van der Waals surface area contributed by atoms with Gasteiger partial charge in [-0.3, -0.25) is 15.0 Å². The number of hydrazone groups is 1. The standard InChI is InChI=1S/C25H31FN4O5S/c1-14-20(30-11-10-21(31)27-24(30)32)13-18(25(3,4)5)23(35-6)22(14)17-9-8-16(12-19(17)26)15(2)28-29-36(7,33)34/h8-9,12-13,29H,10-11H2,1-7H3,(H,27,31,32). The molecular formula is C25H31FN4O5S. The predicted molar refractivity (Wildman–Crippen MR) is 138 cm³/mol. The Morgan fingerprint density at radius 3 is 2.42 bits per heavy atom. The van der Waals surface area contributed by atoms with Crippen molar-refractivity contribution in [2.75, 3.05) is 24.8 Å². The summed E-state index contributed by atoms with van der Waals surface area (Å²) < 4.78 is 44.1. The summed E-state index contributed by atoms with van der Waals surface area (Å²) in [6, 6.07) is 5.80. The molecular weight excluding hydrogens is 487 g/mol. The molecule has 36 heavy (non-hydrogen) atoms. The van der Waals surface area contributed by atoms with Crippen LogP contribution in [0.3, 0.4) is 0 Å². The zero-order valence-corrected chi connectivity index (χ0v) is 22.3. The fourth-order valence-corrected chi connectivity index (χ4v) is 4.37. The molecule has 9 nitrogen and oxygen atoms in total. The molecule has 2 aromatic carbocycles. The molecule has 2 N–H and O–H groups in total. The number of nitrogens with zero attached hydrogens (tertiary/aromatic N) is 2. The van der Waals surface area contributed by atoms with Crippen molar-refractivity contribution in [3.63, 3.8) is 0 Å². The topological polar surface area (TPSA) is 117 Å². The van der Waals surface area contributed by atoms with E-state index in [1.165, 1.54) is 18.1 Å². The second-order valence-electron chi connectivity index (χ2n) is 9.74. The third kappa shape index (κ3) is 5.67. The second-order valence-corrected chi connectivity index (χ2v) is 11.5. The number of nitrogens with one attached hydrogen (secondary N) is 2. The number of rotatable bonds is 6. The molecule has 3 rings (SSSR count). The first-order valence-corrected chi connectivity index (χ1v) is 13.2. The van der Waals surface area contributed by atoms with Crippen molar-refractivity contribution in [2.24, 2.45) is 5.10 Å². The van der Waals surface area contributed by atoms with Crippen LogP contribution in [-0.2, 0) is 20.2 Å². The van der Waals surface area contributed by atoms with E-state index in [9.17, 15) is 18.0 Å². The van der Waals surface area contributed by atoms with E-state index < -0.39 is 27.3 Å². The fourth-order valence-electron chi connectivity index (χ4n) is 4.07. The molecule has 0 bridgehead atoms. The molecule has 1 aliphatic heterocycles. The molecule has 1 aliphatic rings. The number of imide groups is 1. The number of urea groups is 1. The maximum atomic E-state index is 15.6. The Kier molecular flexibility index (Phi) is 7.45. The summed E-state index contributed by atoms with van der Waals surface area (Å²) in [5, 5.41) is 6.14. The molecule has 0 atom stereocenters. The minimum absolute atomic E-state index is 0.153. The number of anilines is 1. The number of amides is 3. The molecule has 1 heterocycles. The minimum Gasteiger partial charge on any atom is -0.496 e. The van der Waals surface area contributed by atoms with Gasteiger partial charge in [-0.2, -0.15) is 5.10 Å². The Hall–Kier alpha value is -3.47. The van der Waals surface area contributed by atoms with Crippen molar-refractivity contribution in [3.8, 4) is 16.9 Å². The number of ether oxygens (including phenoxy) is 1. The monoisotopic (exact) mass is 518 g/mol. The van der Waals surface area contributed by atoms with Gasteiger partial charge in [0.1, 0.15) is 11.6 Å². The van der Waals surface area contributed by atoms with E-state index in [4.69, 9.17) is 4.74 Å². The summed E-state index contributed by atoms with van der Waals surface area (Å²) in [7, 11) is -2.04. The molecule has 0 spiro atoms. The molecule has 1 fully saturated rings. The van der Waals surface area contributed by atoms with Crippen LogP contribution < -0.4 is 19.8 Å². The van der Waals surface area contributed by atoms with Gasteiger partial charge in [-0.1, -0.05) is 32.9 Å². The van der Waals surface area contributed by atoms with Crippen molar-refractivity contribution < 1.29 is 27.1 Å². The molecule has 0 unspecified atom stereocenters. The fraction of sp³-hybridized carbons (Fsp3) is 0.400. The Morgan fingerprint density at radius 2 is 1.89 bits per heavy atom. The van der Waals surface area contributed by atoms with E-state index in [1.54, 1.807) is 26.0 Å². The van der Waals surface area contributed by atoms with Crippen LogP contribution in [0.4, 0.5) is 14.9 Å². The van der Waals surface area contributed by atoms with Crippen molar-refractivity contribution in [1.82, 2.24) is 10.1 Å². The zero-order valence-electron chi connectivity index (χ0n) is 21.4. The number of carbonyl (C=O) groups is 2. The average Bonchev–Trinajstić information content (AvgIpc) is 2.76. The third-order valence-electron chi connectivity index (χ3n) is 5.90. The van der Waals surface area contributed by atoms with E-state index in [1.807, 2.05) is 31.7 Å². The zero-order chi connectivity index (χ0) is 27.0. The highest BCUT2D eigenvalue weighted by atomic mass is 32.2. The Morgan fingerprint density at radius 1 is 1.22 bits per heavy atom. The SMILES string of the molecule is COc1c(C(C)(C)C)cc(N2CCC(=O)NC2=O)c(C)c1-c1ccc(C(C)=NNS(C)(=O)=O)cc1F. The number of hydrogen-bond donors (Lipinski definition) is 2. The number of hydrogen-bond acceptors (Lipinski definition) is 6. The van der Waals surface area contributed by atoms with Gasteiger partial charge < -0.3 is 4.74 Å². The first-order valence-electron chi connectivity index (χ1n) is 11.3. The number of carbonyl (C=O) groups excluding carboxylic acids is 2. The van der Waals surface area contributed by atoms with Crippen molar-refractivity contribution >= 4 is 33.4 Å². The van der Waals surface area contributed by atoms with Crippen LogP contribution in [0.25, 0.3) is 11.1 Å². The number of sulfonamides is 1. The lowest BCUT2D eigenvalue weighted by atomic mass is 9.81. The summed E-state index contributed by atoms with van der Waals surface area (Å²) in [6.07, 6.45) is 1.13. The van der Waals surface area contributed by atoms with E-state index in [0.717, 1.165) is 11.8 Å². The van der Waals surface area contributed by atoms with Crippen molar-refractivity contribution in [3.05, 3.63) is 46.8 Å². The van der Waals surface area contributed by atoms with E-state index in [-0.39, 0.29) is 30.1 Å². The van der Waals surface area contributed by atoms with Gasteiger partial charge in [0, 0.05) is 40.9 Å². The predicted octanol–water partition coefficient (Wildman–Crippen LogP) is 3.83. The number of halogens is 1. The van der Waals surface area contributed by atoms with Gasteiger partial charge in [0.05, 0.1) is 19.1 Å². The summed E-state index contributed by atoms with van der Waals surface area (Å²) in [4.78, 5) is 27.9. The molecule has 0 radical (unpaired) electrons. The smallest absolute Gasteiger partial charge is 0.328 e. The summed E-state index contributed by atoms with van der Waals surface area (Å²) in [6.45, 7) is 9.50. The van der Waals surface area contributed by atoms with Crippen LogP contribution in [0.1, 0.15) is 50.8 Å². The molecule has 0 aromatic heterocycles. The maximum absolute atomic E-state index is 15.6. The first-order chi connectivity index (χ1) is 16.6. The van der Waals surface area contributed by atoms with Crippen LogP contribution in [-0.4, -0.2) is 46.0 Å². The molecule has 0 saturated carbocycles. The van der Waals surface area contributed by atoms with E-state index in [0.29, 0.717) is 28.1 Å². The second kappa shape index (κ2) is 9.88. The molecule has 0 aliphatic carbocycles. The average molecular weight is 519 g/mol. The number of methoxy groups -OCH3 is 1. The highest BCUT2D eigenvalue weighted by Gasteiger charge is 2.32. The van der Waals surface area contributed by atoms with Gasteiger partial charge in [-0.15, -0.1) is 0 Å². The number of benzene rings is 2. The van der Waals surface area contributed by atoms with Crippen LogP contribution >= 0.6 is 0 Å². The van der Waals surface area contributed by atoms with Gasteiger partial charge in [0.2, 0.25) is 15.9 Å². The van der Waals surface area contributed by atoms with Crippen LogP contribution in [0.5, 0.6) is 5.75 Å². The van der Waals surface area contributed by atoms with Gasteiger partial charge in [0.25, 0.3) is 0 Å². The highest BCUT2D eigenvalue weighted by Crippen LogP contribution is 2.46. The van der Waals surface area contributed by atoms with E-state index in [2.05, 4.69) is 10.4 Å². The van der Waals surface area contributed by atoms with E-state index >= 15 is 4.39 Å². The molecule has 3 amide bonds. The molecule has 194 valence electrons. The Labute approximate surface area is 210 Å². The van der Waals surface area contributed by atoms with Crippen LogP contribution in [0.15, 0.2) is 29.4 Å². The molecule has 1 saturated heterocycles. The van der Waals surface area contributed by atoms with Crippen molar-refractivity contribution in [2.45, 2.75) is 46.5 Å². The van der Waals surface area contributed by atoms with Gasteiger partial charge in [-0.05, 0) is 37.0 Å². The summed E-state index contributed by atoms with van der Waals surface area (Å²) >= 11 is 0. The lowest BCUT2D eigenvalue weighted by Gasteiger charge is -2.32. The summed E-state index contributed by atoms with van der Waals surface area (Å²) in [5.41, 5.74) is 2.93. The van der Waals surface area contributed by atoms with Crippen molar-refractivity contribution in [1.29, 1.82) is 0 Å². The third-order valence-corrected chi connectivity index (χ3v) is 6.33. The minimum atomic E-state index is -3.55. The molecule has 11 heteroatoms. The Balaban J connectivity index is 2.23. The normalized spacial score (nSPS) is 15.1. The lowest BCUT2D eigenvalue weighted by molar-refractivity contribution is -0.120. The van der Waals surface area contributed by atoms with Gasteiger partial charge >= 0.3 is 6.03 Å². The quantitative estimate of drug-likeness (QED) is 0.445. The van der Waals surface area contributed by atoms with Crippen LogP contribution in [0.2, 0.25) is 0 Å². The Bertz CT molecular complexity index is 1360. The van der Waals surface area contributed by atoms with Gasteiger partial charge in [-0.25, -0.2) is 22.4 Å². The van der Waals surface area contributed by atoms with Gasteiger partial charge in [0.15, 0.2) is 0 Å². The molecule has 2 aromatic rings. The lowest BCUT2D eigenvalue weighted by Crippen LogP contribution is -2.50. The maximum Gasteiger partial charge on any atom is 0.328 e. The highest BCUT2D eigenvalue weighted by molar-refractivity contribution is 7.88. The largest absolute Gasteiger partial charge is 0.496 e. The summed E-state index contributed by atoms with van der Waals surface area (Å²) in [5.74, 6) is -0.436. The van der Waals surface area contributed by atoms with Crippen LogP contribution in [0, 0.1) is 12.7 Å². The first kappa shape index (κ1) is 27.1.